The summed E-state index contributed by atoms with van der Waals surface area (Å²) >= 11 is 2.65. The molecule has 0 radical (unpaired) electrons. The molecule has 1 amide bonds. The number of thioether (sulfide) groups is 1. The summed E-state index contributed by atoms with van der Waals surface area (Å²) in [6, 6.07) is 17.3. The van der Waals surface area contributed by atoms with Gasteiger partial charge < -0.3 is 5.32 Å². The number of nitrogens with one attached hydrogen (secondary N) is 2. The number of hydrogen-bond acceptors (Lipinski definition) is 6. The standard InChI is InChI=1S/C22H18FN3O3S3/c1-14-2-9-18(10-3-14)32(28,29)26-17-8-11-19-20(12-17)31-22(25-19)30-13-21(27)24-16-6-4-15(23)5-7-16/h2-12,26H,13H2,1H3,(H,24,27). The van der Waals surface area contributed by atoms with Gasteiger partial charge in [-0.15, -0.1) is 11.3 Å². The summed E-state index contributed by atoms with van der Waals surface area (Å²) in [5.41, 5.74) is 2.65. The van der Waals surface area contributed by atoms with Crippen LogP contribution in [-0.4, -0.2) is 25.1 Å². The number of carbonyl (C=O) groups excluding carboxylic acids is 1. The number of hydrogen-bond donors (Lipinski definition) is 2. The summed E-state index contributed by atoms with van der Waals surface area (Å²) in [4.78, 5) is 16.8. The Kier molecular flexibility index (Phi) is 6.45. The third kappa shape index (κ3) is 5.45. The second-order valence-electron chi connectivity index (χ2n) is 6.92. The minimum absolute atomic E-state index is 0.143. The van der Waals surface area contributed by atoms with Crippen LogP contribution >= 0.6 is 23.1 Å². The van der Waals surface area contributed by atoms with E-state index in [1.807, 2.05) is 6.92 Å². The molecule has 1 heterocycles. The molecular formula is C22H18FN3O3S3. The second kappa shape index (κ2) is 9.27. The largest absolute Gasteiger partial charge is 0.325 e. The molecule has 10 heteroatoms. The van der Waals surface area contributed by atoms with Crippen LogP contribution in [0.25, 0.3) is 10.2 Å². The SMILES string of the molecule is Cc1ccc(S(=O)(=O)Nc2ccc3nc(SCC(=O)Nc4ccc(F)cc4)sc3c2)cc1. The summed E-state index contributed by atoms with van der Waals surface area (Å²) < 4.78 is 42.2. The molecule has 0 aliphatic heterocycles. The Morgan fingerprint density at radius 1 is 1.03 bits per heavy atom. The van der Waals surface area contributed by atoms with Crippen LogP contribution < -0.4 is 10.0 Å². The van der Waals surface area contributed by atoms with Crippen molar-refractivity contribution in [2.75, 3.05) is 15.8 Å². The van der Waals surface area contributed by atoms with E-state index in [9.17, 15) is 17.6 Å². The van der Waals surface area contributed by atoms with Crippen molar-refractivity contribution in [1.29, 1.82) is 0 Å². The molecule has 0 saturated carbocycles. The third-order valence-electron chi connectivity index (χ3n) is 4.41. The second-order valence-corrected chi connectivity index (χ2v) is 10.9. The Bertz CT molecular complexity index is 1370. The number of nitrogens with zero attached hydrogens (tertiary/aromatic N) is 1. The topological polar surface area (TPSA) is 88.2 Å². The number of sulfonamides is 1. The molecule has 2 N–H and O–H groups in total. The molecule has 0 fully saturated rings. The highest BCUT2D eigenvalue weighted by Crippen LogP contribution is 2.32. The van der Waals surface area contributed by atoms with Crippen LogP contribution in [0.5, 0.6) is 0 Å². The van der Waals surface area contributed by atoms with Gasteiger partial charge in [-0.2, -0.15) is 0 Å². The van der Waals surface area contributed by atoms with Gasteiger partial charge in [-0.25, -0.2) is 17.8 Å². The lowest BCUT2D eigenvalue weighted by Gasteiger charge is -2.08. The average molecular weight is 488 g/mol. The fourth-order valence-electron chi connectivity index (χ4n) is 2.82. The highest BCUT2D eigenvalue weighted by molar-refractivity contribution is 8.01. The lowest BCUT2D eigenvalue weighted by Crippen LogP contribution is -2.13. The van der Waals surface area contributed by atoms with Gasteiger partial charge in [-0.05, 0) is 61.5 Å². The van der Waals surface area contributed by atoms with E-state index in [1.165, 1.54) is 47.4 Å². The number of carbonyl (C=O) groups is 1. The van der Waals surface area contributed by atoms with Gasteiger partial charge in [-0.1, -0.05) is 29.5 Å². The molecule has 6 nitrogen and oxygen atoms in total. The molecular weight excluding hydrogens is 469 g/mol. The number of benzene rings is 3. The maximum atomic E-state index is 13.0. The number of fused-ring (bicyclic) bond motifs is 1. The Morgan fingerprint density at radius 2 is 1.72 bits per heavy atom. The van der Waals surface area contributed by atoms with Gasteiger partial charge in [-0.3, -0.25) is 9.52 Å². The number of thiazole rings is 1. The first-order chi connectivity index (χ1) is 15.3. The van der Waals surface area contributed by atoms with Crippen molar-refractivity contribution in [1.82, 2.24) is 4.98 Å². The minimum Gasteiger partial charge on any atom is -0.325 e. The monoisotopic (exact) mass is 487 g/mol. The molecule has 32 heavy (non-hydrogen) atoms. The molecule has 3 aromatic carbocycles. The third-order valence-corrected chi connectivity index (χ3v) is 7.97. The number of rotatable bonds is 7. The number of amides is 1. The van der Waals surface area contributed by atoms with E-state index >= 15 is 0 Å². The maximum absolute atomic E-state index is 13.0. The Labute approximate surface area is 192 Å². The van der Waals surface area contributed by atoms with Crippen LogP contribution in [0, 0.1) is 12.7 Å². The first-order valence-electron chi connectivity index (χ1n) is 9.47. The van der Waals surface area contributed by atoms with E-state index in [0.717, 1.165) is 15.8 Å². The zero-order valence-electron chi connectivity index (χ0n) is 16.8. The molecule has 0 bridgehead atoms. The Morgan fingerprint density at radius 3 is 2.44 bits per heavy atom. The predicted octanol–water partition coefficient (Wildman–Crippen LogP) is 5.28. The molecule has 0 saturated heterocycles. The lowest BCUT2D eigenvalue weighted by molar-refractivity contribution is -0.113. The maximum Gasteiger partial charge on any atom is 0.261 e. The Hall–Kier alpha value is -2.95. The van der Waals surface area contributed by atoms with Crippen LogP contribution in [-0.2, 0) is 14.8 Å². The average Bonchev–Trinajstić information content (AvgIpc) is 3.16. The zero-order chi connectivity index (χ0) is 22.7. The van der Waals surface area contributed by atoms with Crippen molar-refractivity contribution in [3.8, 4) is 0 Å². The molecule has 4 rings (SSSR count). The molecule has 164 valence electrons. The van der Waals surface area contributed by atoms with E-state index in [1.54, 1.807) is 42.5 Å². The molecule has 0 unspecified atom stereocenters. The van der Waals surface area contributed by atoms with Gasteiger partial charge >= 0.3 is 0 Å². The van der Waals surface area contributed by atoms with Crippen molar-refractivity contribution < 1.29 is 17.6 Å². The van der Waals surface area contributed by atoms with E-state index in [0.29, 0.717) is 15.7 Å². The van der Waals surface area contributed by atoms with Crippen LogP contribution in [0.2, 0.25) is 0 Å². The van der Waals surface area contributed by atoms with Crippen LogP contribution in [0.15, 0.2) is 76.0 Å². The molecule has 0 aliphatic rings. The van der Waals surface area contributed by atoms with E-state index in [4.69, 9.17) is 0 Å². The quantitative estimate of drug-likeness (QED) is 0.347. The first kappa shape index (κ1) is 22.3. The fourth-order valence-corrected chi connectivity index (χ4v) is 5.78. The van der Waals surface area contributed by atoms with Crippen molar-refractivity contribution in [3.63, 3.8) is 0 Å². The van der Waals surface area contributed by atoms with Gasteiger partial charge in [0.25, 0.3) is 10.0 Å². The number of anilines is 2. The molecule has 0 atom stereocenters. The first-order valence-corrected chi connectivity index (χ1v) is 12.8. The van der Waals surface area contributed by atoms with E-state index in [2.05, 4.69) is 15.0 Å². The van der Waals surface area contributed by atoms with E-state index in [-0.39, 0.29) is 22.4 Å². The zero-order valence-corrected chi connectivity index (χ0v) is 19.3. The van der Waals surface area contributed by atoms with Gasteiger partial charge in [0.15, 0.2) is 4.34 Å². The van der Waals surface area contributed by atoms with Gasteiger partial charge in [0.05, 0.1) is 26.6 Å². The van der Waals surface area contributed by atoms with Gasteiger partial charge in [0, 0.05) is 5.69 Å². The van der Waals surface area contributed by atoms with Crippen molar-refractivity contribution >= 4 is 60.6 Å². The highest BCUT2D eigenvalue weighted by Gasteiger charge is 2.15. The summed E-state index contributed by atoms with van der Waals surface area (Å²) in [5.74, 6) is -0.454. The summed E-state index contributed by atoms with van der Waals surface area (Å²) in [6.07, 6.45) is 0. The number of aryl methyl sites for hydroxylation is 1. The minimum atomic E-state index is -3.69. The predicted molar refractivity (Wildman–Crippen MR) is 127 cm³/mol. The van der Waals surface area contributed by atoms with Gasteiger partial charge in [0.2, 0.25) is 5.91 Å². The van der Waals surface area contributed by atoms with Crippen LogP contribution in [0.4, 0.5) is 15.8 Å². The summed E-state index contributed by atoms with van der Waals surface area (Å²) in [5, 5.41) is 2.70. The summed E-state index contributed by atoms with van der Waals surface area (Å²) in [6.45, 7) is 1.89. The summed E-state index contributed by atoms with van der Waals surface area (Å²) in [7, 11) is -3.69. The van der Waals surface area contributed by atoms with Crippen LogP contribution in [0.3, 0.4) is 0 Å². The highest BCUT2D eigenvalue weighted by atomic mass is 32.2. The Balaban J connectivity index is 1.41. The van der Waals surface area contributed by atoms with Crippen molar-refractivity contribution in [2.45, 2.75) is 16.2 Å². The molecule has 4 aromatic rings. The molecule has 1 aromatic heterocycles. The molecule has 0 aliphatic carbocycles. The lowest BCUT2D eigenvalue weighted by atomic mass is 10.2. The van der Waals surface area contributed by atoms with Crippen molar-refractivity contribution in [2.24, 2.45) is 0 Å². The van der Waals surface area contributed by atoms with E-state index < -0.39 is 10.0 Å². The number of aromatic nitrogens is 1. The normalized spacial score (nSPS) is 11.4. The fraction of sp³-hybridized carbons (Fsp3) is 0.0909. The smallest absolute Gasteiger partial charge is 0.261 e. The van der Waals surface area contributed by atoms with Crippen molar-refractivity contribution in [3.05, 3.63) is 78.1 Å². The van der Waals surface area contributed by atoms with Crippen LogP contribution in [0.1, 0.15) is 5.56 Å². The van der Waals surface area contributed by atoms with Gasteiger partial charge in [0.1, 0.15) is 5.82 Å². The number of halogens is 1. The molecule has 0 spiro atoms.